The van der Waals surface area contributed by atoms with Gasteiger partial charge >= 0.3 is 0 Å². The molecule has 1 aromatic carbocycles. The molecule has 2 N–H and O–H groups in total. The molecule has 1 aliphatic heterocycles. The summed E-state index contributed by atoms with van der Waals surface area (Å²) in [5, 5.41) is 6.94. The molecule has 0 bridgehead atoms. The summed E-state index contributed by atoms with van der Waals surface area (Å²) in [5.74, 6) is 0. The van der Waals surface area contributed by atoms with E-state index in [0.29, 0.717) is 12.1 Å². The van der Waals surface area contributed by atoms with E-state index in [0.717, 1.165) is 19.5 Å². The molecule has 1 atom stereocenters. The second-order valence-electron chi connectivity index (χ2n) is 3.89. The van der Waals surface area contributed by atoms with Crippen molar-refractivity contribution in [2.45, 2.75) is 25.4 Å². The van der Waals surface area contributed by atoms with E-state index < -0.39 is 0 Å². The molecule has 0 saturated carbocycles. The van der Waals surface area contributed by atoms with Crippen molar-refractivity contribution in [2.24, 2.45) is 0 Å². The molecule has 1 aliphatic rings. The highest BCUT2D eigenvalue weighted by molar-refractivity contribution is 5.19. The highest BCUT2D eigenvalue weighted by Gasteiger charge is 2.20. The van der Waals surface area contributed by atoms with Crippen LogP contribution in [0, 0.1) is 0 Å². The zero-order chi connectivity index (χ0) is 9.80. The average molecular weight is 190 g/mol. The highest BCUT2D eigenvalue weighted by atomic mass is 15.1. The third-order valence-electron chi connectivity index (χ3n) is 2.83. The first-order valence-corrected chi connectivity index (χ1v) is 5.42. The Balaban J connectivity index is 1.98. The number of rotatable bonds is 4. The first-order chi connectivity index (χ1) is 6.90. The molecule has 1 aromatic rings. The molecule has 2 heteroatoms. The van der Waals surface area contributed by atoms with Crippen molar-refractivity contribution in [1.29, 1.82) is 0 Å². The van der Waals surface area contributed by atoms with Crippen LogP contribution >= 0.6 is 0 Å². The van der Waals surface area contributed by atoms with Crippen LogP contribution in [0.4, 0.5) is 0 Å². The molecular formula is C12H18N2. The molecule has 1 fully saturated rings. The Labute approximate surface area is 85.7 Å². The maximum atomic E-state index is 3.66. The lowest BCUT2D eigenvalue weighted by Crippen LogP contribution is -2.56. The molecule has 0 aliphatic carbocycles. The van der Waals surface area contributed by atoms with E-state index in [1.165, 1.54) is 5.56 Å². The maximum Gasteiger partial charge on any atom is 0.0323 e. The van der Waals surface area contributed by atoms with E-state index in [1.54, 1.807) is 0 Å². The van der Waals surface area contributed by atoms with Crippen molar-refractivity contribution in [3.05, 3.63) is 35.9 Å². The summed E-state index contributed by atoms with van der Waals surface area (Å²) in [5.41, 5.74) is 1.40. The van der Waals surface area contributed by atoms with Gasteiger partial charge in [0, 0.05) is 25.2 Å². The van der Waals surface area contributed by atoms with Gasteiger partial charge in [-0.15, -0.1) is 0 Å². The molecule has 1 unspecified atom stereocenters. The van der Waals surface area contributed by atoms with Crippen LogP contribution in [0.1, 0.15) is 24.9 Å². The number of nitrogens with one attached hydrogen (secondary N) is 2. The molecule has 0 spiro atoms. The molecule has 0 radical (unpaired) electrons. The van der Waals surface area contributed by atoms with Crippen LogP contribution in [0.2, 0.25) is 0 Å². The van der Waals surface area contributed by atoms with Gasteiger partial charge in [-0.2, -0.15) is 0 Å². The third-order valence-corrected chi connectivity index (χ3v) is 2.83. The highest BCUT2D eigenvalue weighted by Crippen LogP contribution is 2.17. The minimum Gasteiger partial charge on any atom is -0.314 e. The lowest BCUT2D eigenvalue weighted by molar-refractivity contribution is 0.325. The van der Waals surface area contributed by atoms with Gasteiger partial charge in [-0.1, -0.05) is 37.3 Å². The van der Waals surface area contributed by atoms with Crippen molar-refractivity contribution < 1.29 is 0 Å². The molecular weight excluding hydrogens is 172 g/mol. The third kappa shape index (κ3) is 2.14. The normalized spacial score (nSPS) is 18.9. The summed E-state index contributed by atoms with van der Waals surface area (Å²) in [6.45, 7) is 4.46. The van der Waals surface area contributed by atoms with Gasteiger partial charge in [0.1, 0.15) is 0 Å². The van der Waals surface area contributed by atoms with Gasteiger partial charge in [0.15, 0.2) is 0 Å². The Bertz CT molecular complexity index is 267. The van der Waals surface area contributed by atoms with Crippen LogP contribution in [-0.2, 0) is 0 Å². The zero-order valence-corrected chi connectivity index (χ0v) is 8.66. The maximum absolute atomic E-state index is 3.66. The largest absolute Gasteiger partial charge is 0.314 e. The van der Waals surface area contributed by atoms with Crippen molar-refractivity contribution in [3.63, 3.8) is 0 Å². The Kier molecular flexibility index (Phi) is 3.17. The fourth-order valence-electron chi connectivity index (χ4n) is 1.83. The van der Waals surface area contributed by atoms with Gasteiger partial charge in [-0.25, -0.2) is 0 Å². The Morgan fingerprint density at radius 2 is 2.07 bits per heavy atom. The van der Waals surface area contributed by atoms with E-state index >= 15 is 0 Å². The minimum absolute atomic E-state index is 0.517. The fourth-order valence-corrected chi connectivity index (χ4v) is 1.83. The number of hydrogen-bond donors (Lipinski definition) is 2. The second-order valence-corrected chi connectivity index (χ2v) is 3.89. The van der Waals surface area contributed by atoms with Gasteiger partial charge in [-0.3, -0.25) is 0 Å². The van der Waals surface area contributed by atoms with Gasteiger partial charge in [0.05, 0.1) is 0 Å². The van der Waals surface area contributed by atoms with Crippen molar-refractivity contribution in [3.8, 4) is 0 Å². The number of hydrogen-bond acceptors (Lipinski definition) is 2. The first-order valence-electron chi connectivity index (χ1n) is 5.42. The lowest BCUT2D eigenvalue weighted by Gasteiger charge is -2.32. The van der Waals surface area contributed by atoms with Gasteiger partial charge in [-0.05, 0) is 12.0 Å². The molecule has 2 rings (SSSR count). The zero-order valence-electron chi connectivity index (χ0n) is 8.66. The second kappa shape index (κ2) is 4.58. The van der Waals surface area contributed by atoms with E-state index in [1.807, 2.05) is 0 Å². The predicted molar refractivity (Wildman–Crippen MR) is 59.3 cm³/mol. The summed E-state index contributed by atoms with van der Waals surface area (Å²) in [6.07, 6.45) is 1.15. The molecule has 76 valence electrons. The summed E-state index contributed by atoms with van der Waals surface area (Å²) in [4.78, 5) is 0. The smallest absolute Gasteiger partial charge is 0.0323 e. The monoisotopic (exact) mass is 190 g/mol. The van der Waals surface area contributed by atoms with Gasteiger partial charge in [0.25, 0.3) is 0 Å². The van der Waals surface area contributed by atoms with E-state index in [-0.39, 0.29) is 0 Å². The van der Waals surface area contributed by atoms with Crippen molar-refractivity contribution >= 4 is 0 Å². The summed E-state index contributed by atoms with van der Waals surface area (Å²) >= 11 is 0. The summed E-state index contributed by atoms with van der Waals surface area (Å²) < 4.78 is 0. The number of benzene rings is 1. The van der Waals surface area contributed by atoms with Crippen LogP contribution in [0.3, 0.4) is 0 Å². The molecule has 1 saturated heterocycles. The summed E-state index contributed by atoms with van der Waals surface area (Å²) in [6, 6.07) is 11.9. The van der Waals surface area contributed by atoms with Crippen molar-refractivity contribution in [2.75, 3.05) is 13.1 Å². The fraction of sp³-hybridized carbons (Fsp3) is 0.500. The van der Waals surface area contributed by atoms with Crippen LogP contribution in [0.5, 0.6) is 0 Å². The van der Waals surface area contributed by atoms with Crippen LogP contribution in [0.15, 0.2) is 30.3 Å². The van der Waals surface area contributed by atoms with E-state index in [4.69, 9.17) is 0 Å². The Morgan fingerprint density at radius 3 is 2.57 bits per heavy atom. The first kappa shape index (κ1) is 9.69. The van der Waals surface area contributed by atoms with Crippen LogP contribution in [0.25, 0.3) is 0 Å². The molecule has 14 heavy (non-hydrogen) atoms. The van der Waals surface area contributed by atoms with Crippen molar-refractivity contribution in [1.82, 2.24) is 10.6 Å². The molecule has 0 amide bonds. The quantitative estimate of drug-likeness (QED) is 0.755. The molecule has 1 heterocycles. The Morgan fingerprint density at radius 1 is 1.36 bits per heavy atom. The average Bonchev–Trinajstić information content (AvgIpc) is 2.18. The summed E-state index contributed by atoms with van der Waals surface area (Å²) in [7, 11) is 0. The van der Waals surface area contributed by atoms with Crippen LogP contribution in [-0.4, -0.2) is 19.1 Å². The van der Waals surface area contributed by atoms with Crippen LogP contribution < -0.4 is 10.6 Å². The topological polar surface area (TPSA) is 24.1 Å². The van der Waals surface area contributed by atoms with Gasteiger partial charge < -0.3 is 10.6 Å². The lowest BCUT2D eigenvalue weighted by atomic mass is 10.0. The predicted octanol–water partition coefficient (Wildman–Crippen LogP) is 1.70. The standard InChI is InChI=1S/C12H18N2/c1-2-12(14-11-8-13-9-11)10-6-4-3-5-7-10/h3-7,11-14H,2,8-9H2,1H3. The molecule has 2 nitrogen and oxygen atoms in total. The van der Waals surface area contributed by atoms with E-state index in [2.05, 4.69) is 47.9 Å². The Hall–Kier alpha value is -0.860. The van der Waals surface area contributed by atoms with Gasteiger partial charge in [0.2, 0.25) is 0 Å². The minimum atomic E-state index is 0.517. The van der Waals surface area contributed by atoms with E-state index in [9.17, 15) is 0 Å². The molecule has 0 aromatic heterocycles. The SMILES string of the molecule is CCC(NC1CNC1)c1ccccc1.